The van der Waals surface area contributed by atoms with Crippen molar-refractivity contribution in [1.82, 2.24) is 5.16 Å². The molecule has 0 spiro atoms. The predicted octanol–water partition coefficient (Wildman–Crippen LogP) is 7.61. The number of aryl methyl sites for hydroxylation is 1. The minimum Gasteiger partial charge on any atom is -0.489 e. The van der Waals surface area contributed by atoms with Crippen LogP contribution in [0.25, 0.3) is 11.3 Å². The van der Waals surface area contributed by atoms with Crippen molar-refractivity contribution >= 4 is 28.9 Å². The first-order chi connectivity index (χ1) is 14.5. The lowest BCUT2D eigenvalue weighted by molar-refractivity contribution is 0.297. The lowest BCUT2D eigenvalue weighted by Crippen LogP contribution is -2.09. The first-order valence-electron chi connectivity index (χ1n) is 10.1. The van der Waals surface area contributed by atoms with Crippen LogP contribution in [0.4, 0.5) is 5.69 Å². The molecule has 1 unspecified atom stereocenters. The Labute approximate surface area is 186 Å². The van der Waals surface area contributed by atoms with E-state index in [2.05, 4.69) is 37.0 Å². The highest BCUT2D eigenvalue weighted by Crippen LogP contribution is 2.39. The summed E-state index contributed by atoms with van der Waals surface area (Å²) in [7, 11) is 0. The first-order valence-corrected chi connectivity index (χ1v) is 10.9. The molecule has 1 N–H and O–H groups in total. The third-order valence-electron chi connectivity index (χ3n) is 5.55. The molecule has 0 saturated heterocycles. The van der Waals surface area contributed by atoms with Gasteiger partial charge in [0.25, 0.3) is 0 Å². The van der Waals surface area contributed by atoms with E-state index < -0.39 is 0 Å². The maximum atomic E-state index is 6.45. The molecule has 0 bridgehead atoms. The van der Waals surface area contributed by atoms with Crippen molar-refractivity contribution in [3.05, 3.63) is 75.6 Å². The van der Waals surface area contributed by atoms with E-state index in [1.807, 2.05) is 18.2 Å². The average Bonchev–Trinajstić information content (AvgIpc) is 3.15. The summed E-state index contributed by atoms with van der Waals surface area (Å²) in [6.45, 7) is 8.56. The second-order valence-electron chi connectivity index (χ2n) is 7.62. The van der Waals surface area contributed by atoms with Gasteiger partial charge in [0.2, 0.25) is 0 Å². The van der Waals surface area contributed by atoms with Gasteiger partial charge in [-0.15, -0.1) is 0 Å². The van der Waals surface area contributed by atoms with Gasteiger partial charge in [-0.25, -0.2) is 0 Å². The summed E-state index contributed by atoms with van der Waals surface area (Å²) in [5, 5.41) is 8.72. The molecule has 1 aromatic heterocycles. The van der Waals surface area contributed by atoms with Crippen LogP contribution in [0.2, 0.25) is 10.0 Å². The van der Waals surface area contributed by atoms with Crippen molar-refractivity contribution in [1.29, 1.82) is 0 Å². The van der Waals surface area contributed by atoms with Gasteiger partial charge in [-0.2, -0.15) is 0 Å². The van der Waals surface area contributed by atoms with Crippen molar-refractivity contribution in [3.8, 4) is 17.0 Å². The van der Waals surface area contributed by atoms with Crippen molar-refractivity contribution in [2.75, 3.05) is 5.32 Å². The molecule has 30 heavy (non-hydrogen) atoms. The van der Waals surface area contributed by atoms with E-state index in [-0.39, 0.29) is 5.92 Å². The highest BCUT2D eigenvalue weighted by Gasteiger charge is 2.25. The third-order valence-corrected chi connectivity index (χ3v) is 6.18. The monoisotopic (exact) mass is 442 g/mol. The predicted molar refractivity (Wildman–Crippen MR) is 123 cm³/mol. The number of ether oxygens (including phenoxy) is 1. The minimum atomic E-state index is 0.199. The largest absolute Gasteiger partial charge is 0.489 e. The molecule has 1 aliphatic heterocycles. The summed E-state index contributed by atoms with van der Waals surface area (Å²) in [6, 6.07) is 11.5. The second-order valence-corrected chi connectivity index (χ2v) is 8.43. The van der Waals surface area contributed by atoms with Crippen LogP contribution in [0, 0.1) is 0 Å². The number of allylic oxidation sites excluding steroid dienone is 1. The Kier molecular flexibility index (Phi) is 6.07. The van der Waals surface area contributed by atoms with Crippen LogP contribution in [0.1, 0.15) is 49.5 Å². The molecular formula is C24H24Cl2N2O2. The summed E-state index contributed by atoms with van der Waals surface area (Å²) in [5.41, 5.74) is 5.54. The molecule has 0 radical (unpaired) electrons. The quantitative estimate of drug-likeness (QED) is 0.426. The molecule has 1 aliphatic rings. The van der Waals surface area contributed by atoms with Gasteiger partial charge in [-0.3, -0.25) is 0 Å². The van der Waals surface area contributed by atoms with E-state index in [0.717, 1.165) is 47.7 Å². The molecular weight excluding hydrogens is 419 g/mol. The van der Waals surface area contributed by atoms with Crippen molar-refractivity contribution in [2.45, 2.75) is 45.6 Å². The van der Waals surface area contributed by atoms with E-state index >= 15 is 0 Å². The number of anilines is 1. The summed E-state index contributed by atoms with van der Waals surface area (Å²) in [6.07, 6.45) is 2.80. The SMILES string of the molecule is C=C1CCc2cc(OCc3c(-c4c(Cl)cccc4Cl)noc3C(C)CC)ccc2N1. The Morgan fingerprint density at radius 3 is 2.70 bits per heavy atom. The van der Waals surface area contributed by atoms with Gasteiger partial charge >= 0.3 is 0 Å². The number of nitrogens with one attached hydrogen (secondary N) is 1. The molecule has 0 amide bonds. The normalized spacial score (nSPS) is 14.2. The van der Waals surface area contributed by atoms with Gasteiger partial charge in [0.15, 0.2) is 0 Å². The fourth-order valence-electron chi connectivity index (χ4n) is 3.64. The molecule has 4 rings (SSSR count). The first kappa shape index (κ1) is 20.8. The number of hydrogen-bond acceptors (Lipinski definition) is 4. The molecule has 3 aromatic rings. The maximum Gasteiger partial charge on any atom is 0.146 e. The molecule has 0 fully saturated rings. The fourth-order valence-corrected chi connectivity index (χ4v) is 4.21. The number of aromatic nitrogens is 1. The maximum absolute atomic E-state index is 6.45. The summed E-state index contributed by atoms with van der Waals surface area (Å²) in [4.78, 5) is 0. The van der Waals surface area contributed by atoms with Crippen LogP contribution in [0.15, 0.2) is 53.2 Å². The van der Waals surface area contributed by atoms with Crippen molar-refractivity contribution < 1.29 is 9.26 Å². The number of benzene rings is 2. The molecule has 4 nitrogen and oxygen atoms in total. The van der Waals surface area contributed by atoms with Gasteiger partial charge < -0.3 is 14.6 Å². The molecule has 156 valence electrons. The summed E-state index contributed by atoms with van der Waals surface area (Å²) < 4.78 is 11.9. The molecule has 1 atom stereocenters. The molecule has 2 heterocycles. The zero-order valence-electron chi connectivity index (χ0n) is 17.1. The molecule has 0 saturated carbocycles. The molecule has 0 aliphatic carbocycles. The lowest BCUT2D eigenvalue weighted by Gasteiger charge is -2.20. The van der Waals surface area contributed by atoms with E-state index in [1.54, 1.807) is 12.1 Å². The Hall–Kier alpha value is -2.43. The topological polar surface area (TPSA) is 47.3 Å². The molecule has 2 aromatic carbocycles. The van der Waals surface area contributed by atoms with E-state index in [4.69, 9.17) is 32.5 Å². The van der Waals surface area contributed by atoms with E-state index in [9.17, 15) is 0 Å². The van der Waals surface area contributed by atoms with Crippen molar-refractivity contribution in [2.24, 2.45) is 0 Å². The molecule has 6 heteroatoms. The number of fused-ring (bicyclic) bond motifs is 1. The highest BCUT2D eigenvalue weighted by molar-refractivity contribution is 6.39. The lowest BCUT2D eigenvalue weighted by atomic mass is 9.98. The van der Waals surface area contributed by atoms with Crippen molar-refractivity contribution in [3.63, 3.8) is 0 Å². The summed E-state index contributed by atoms with van der Waals surface area (Å²) >= 11 is 12.9. The van der Waals surface area contributed by atoms with Crippen LogP contribution in [0.3, 0.4) is 0 Å². The number of nitrogens with zero attached hydrogens (tertiary/aromatic N) is 1. The number of rotatable bonds is 6. The van der Waals surface area contributed by atoms with Crippen LogP contribution in [0.5, 0.6) is 5.75 Å². The Morgan fingerprint density at radius 1 is 1.20 bits per heavy atom. The van der Waals surface area contributed by atoms with Crippen LogP contribution < -0.4 is 10.1 Å². The standard InChI is InChI=1S/C24H24Cl2N2O2/c1-4-14(2)24-18(23(28-30-24)22-19(25)6-5-7-20(22)26)13-29-17-10-11-21-16(12-17)9-8-15(3)27-21/h5-7,10-12,14,27H,3-4,8-9,13H2,1-2H3. The fraction of sp³-hybridized carbons (Fsp3) is 0.292. The van der Waals surface area contributed by atoms with Crippen LogP contribution >= 0.6 is 23.2 Å². The Morgan fingerprint density at radius 2 is 1.97 bits per heavy atom. The van der Waals surface area contributed by atoms with Gasteiger partial charge in [0.05, 0.1) is 15.6 Å². The van der Waals surface area contributed by atoms with Gasteiger partial charge in [-0.05, 0) is 55.2 Å². The van der Waals surface area contributed by atoms with E-state index in [0.29, 0.717) is 27.9 Å². The minimum absolute atomic E-state index is 0.199. The van der Waals surface area contributed by atoms with E-state index in [1.165, 1.54) is 5.56 Å². The van der Waals surface area contributed by atoms with Crippen LogP contribution in [-0.4, -0.2) is 5.16 Å². The third kappa shape index (κ3) is 4.07. The van der Waals surface area contributed by atoms with Gasteiger partial charge in [0.1, 0.15) is 23.8 Å². The van der Waals surface area contributed by atoms with Gasteiger partial charge in [0, 0.05) is 22.9 Å². The van der Waals surface area contributed by atoms with Crippen LogP contribution in [-0.2, 0) is 13.0 Å². The average molecular weight is 443 g/mol. The summed E-state index contributed by atoms with van der Waals surface area (Å²) in [5.74, 6) is 1.81. The smallest absolute Gasteiger partial charge is 0.146 e. The number of hydrogen-bond donors (Lipinski definition) is 1. The van der Waals surface area contributed by atoms with Gasteiger partial charge in [-0.1, -0.05) is 54.9 Å². The zero-order valence-corrected chi connectivity index (χ0v) is 18.6. The second kappa shape index (κ2) is 8.75. The Balaban J connectivity index is 1.66. The highest BCUT2D eigenvalue weighted by atomic mass is 35.5. The zero-order chi connectivity index (χ0) is 21.3. The number of halogens is 2. The Bertz CT molecular complexity index is 1070.